The molecule has 1 aliphatic heterocycles. The van der Waals surface area contributed by atoms with Gasteiger partial charge in [0, 0.05) is 6.04 Å². The van der Waals surface area contributed by atoms with Crippen LogP contribution < -0.4 is 16.0 Å². The van der Waals surface area contributed by atoms with Gasteiger partial charge in [-0.25, -0.2) is 14.4 Å². The third kappa shape index (κ3) is 5.79. The molecule has 0 aromatic heterocycles. The molecule has 1 aliphatic carbocycles. The summed E-state index contributed by atoms with van der Waals surface area (Å²) in [7, 11) is 0. The Hall–Kier alpha value is -3.43. The zero-order valence-electron chi connectivity index (χ0n) is 16.4. The Morgan fingerprint density at radius 2 is 1.77 bits per heavy atom. The number of amides is 6. The van der Waals surface area contributed by atoms with E-state index < -0.39 is 30.5 Å². The summed E-state index contributed by atoms with van der Waals surface area (Å²) in [6.07, 6.45) is 5.04. The minimum Gasteiger partial charge on any atom is -0.452 e. The van der Waals surface area contributed by atoms with Crippen LogP contribution in [-0.2, 0) is 20.9 Å². The van der Waals surface area contributed by atoms with E-state index in [1.54, 1.807) is 12.1 Å². The summed E-state index contributed by atoms with van der Waals surface area (Å²) in [5, 5.41) is 7.32. The van der Waals surface area contributed by atoms with E-state index in [4.69, 9.17) is 4.74 Å². The number of esters is 1. The average molecular weight is 416 g/mol. The zero-order valence-corrected chi connectivity index (χ0v) is 16.4. The predicted molar refractivity (Wildman–Crippen MR) is 104 cm³/mol. The lowest BCUT2D eigenvalue weighted by molar-refractivity contribution is -0.125. The van der Waals surface area contributed by atoms with Crippen molar-refractivity contribution >= 4 is 29.8 Å². The maximum Gasteiger partial charge on any atom is 0.338 e. The molecule has 6 amide bonds. The number of ether oxygens (including phenoxy) is 1. The highest BCUT2D eigenvalue weighted by molar-refractivity contribution is 6.02. The van der Waals surface area contributed by atoms with Crippen molar-refractivity contribution in [3.8, 4) is 0 Å². The highest BCUT2D eigenvalue weighted by Gasteiger charge is 2.28. The maximum absolute atomic E-state index is 12.1. The SMILES string of the molecule is O=C(COC(=O)c1ccc(CN2C(=O)CNC2=O)cc1)NC(=O)NC1CCCCC1. The van der Waals surface area contributed by atoms with Crippen molar-refractivity contribution in [1.82, 2.24) is 20.9 Å². The molecule has 1 saturated carbocycles. The summed E-state index contributed by atoms with van der Waals surface area (Å²) in [5.41, 5.74) is 0.865. The van der Waals surface area contributed by atoms with Crippen LogP contribution in [0.1, 0.15) is 48.0 Å². The number of hydrogen-bond acceptors (Lipinski definition) is 6. The van der Waals surface area contributed by atoms with Gasteiger partial charge in [0.2, 0.25) is 5.91 Å². The molecule has 1 aromatic carbocycles. The Morgan fingerprint density at radius 3 is 2.40 bits per heavy atom. The Labute approximate surface area is 173 Å². The molecule has 160 valence electrons. The third-order valence-electron chi connectivity index (χ3n) is 5.00. The molecule has 2 fully saturated rings. The monoisotopic (exact) mass is 416 g/mol. The van der Waals surface area contributed by atoms with E-state index in [0.717, 1.165) is 37.0 Å². The third-order valence-corrected chi connectivity index (χ3v) is 5.00. The number of nitrogens with one attached hydrogen (secondary N) is 3. The summed E-state index contributed by atoms with van der Waals surface area (Å²) in [6.45, 7) is -0.510. The van der Waals surface area contributed by atoms with E-state index in [2.05, 4.69) is 16.0 Å². The van der Waals surface area contributed by atoms with Crippen molar-refractivity contribution in [3.63, 3.8) is 0 Å². The lowest BCUT2D eigenvalue weighted by Crippen LogP contribution is -2.46. The molecule has 0 spiro atoms. The lowest BCUT2D eigenvalue weighted by Gasteiger charge is -2.22. The van der Waals surface area contributed by atoms with Gasteiger partial charge in [-0.05, 0) is 30.5 Å². The molecule has 0 unspecified atom stereocenters. The molecule has 0 radical (unpaired) electrons. The second kappa shape index (κ2) is 9.86. The van der Waals surface area contributed by atoms with Gasteiger partial charge in [-0.3, -0.25) is 19.8 Å². The van der Waals surface area contributed by atoms with Crippen molar-refractivity contribution in [3.05, 3.63) is 35.4 Å². The fourth-order valence-corrected chi connectivity index (χ4v) is 3.39. The second-order valence-corrected chi connectivity index (χ2v) is 7.27. The summed E-state index contributed by atoms with van der Waals surface area (Å²) < 4.78 is 4.93. The highest BCUT2D eigenvalue weighted by atomic mass is 16.5. The van der Waals surface area contributed by atoms with Gasteiger partial charge >= 0.3 is 18.0 Å². The topological polar surface area (TPSA) is 134 Å². The molecule has 2 aliphatic rings. The van der Waals surface area contributed by atoms with E-state index in [0.29, 0.717) is 5.56 Å². The van der Waals surface area contributed by atoms with Crippen LogP contribution in [0.15, 0.2) is 24.3 Å². The lowest BCUT2D eigenvalue weighted by atomic mass is 9.96. The van der Waals surface area contributed by atoms with Crippen LogP contribution in [0.2, 0.25) is 0 Å². The van der Waals surface area contributed by atoms with Gasteiger partial charge in [0.05, 0.1) is 18.7 Å². The van der Waals surface area contributed by atoms with Crippen molar-refractivity contribution in [2.75, 3.05) is 13.2 Å². The van der Waals surface area contributed by atoms with Gasteiger partial charge < -0.3 is 15.4 Å². The second-order valence-electron chi connectivity index (χ2n) is 7.27. The molecule has 0 atom stereocenters. The van der Waals surface area contributed by atoms with E-state index >= 15 is 0 Å². The van der Waals surface area contributed by atoms with Crippen LogP contribution in [0.25, 0.3) is 0 Å². The van der Waals surface area contributed by atoms with Gasteiger partial charge in [-0.15, -0.1) is 0 Å². The van der Waals surface area contributed by atoms with Crippen LogP contribution in [-0.4, -0.2) is 53.9 Å². The summed E-state index contributed by atoms with van der Waals surface area (Å²) in [5.74, 6) is -1.76. The average Bonchev–Trinajstić information content (AvgIpc) is 3.05. The first-order valence-corrected chi connectivity index (χ1v) is 9.87. The number of carbonyl (C=O) groups excluding carboxylic acids is 5. The fraction of sp³-hybridized carbons (Fsp3) is 0.450. The molecule has 1 saturated heterocycles. The van der Waals surface area contributed by atoms with Crippen molar-refractivity contribution in [2.45, 2.75) is 44.7 Å². The van der Waals surface area contributed by atoms with Crippen molar-refractivity contribution < 1.29 is 28.7 Å². The summed E-state index contributed by atoms with van der Waals surface area (Å²) >= 11 is 0. The number of carbonyl (C=O) groups is 5. The first-order chi connectivity index (χ1) is 14.4. The zero-order chi connectivity index (χ0) is 21.5. The minimum atomic E-state index is -0.723. The van der Waals surface area contributed by atoms with Crippen LogP contribution in [0.4, 0.5) is 9.59 Å². The predicted octanol–water partition coefficient (Wildman–Crippen LogP) is 1.05. The Balaban J connectivity index is 1.41. The van der Waals surface area contributed by atoms with E-state index in [-0.39, 0.29) is 30.6 Å². The number of benzene rings is 1. The number of imide groups is 2. The van der Waals surface area contributed by atoms with Gasteiger partial charge in [0.15, 0.2) is 6.61 Å². The van der Waals surface area contributed by atoms with Gasteiger partial charge in [-0.1, -0.05) is 31.4 Å². The fourth-order valence-electron chi connectivity index (χ4n) is 3.39. The van der Waals surface area contributed by atoms with Crippen LogP contribution >= 0.6 is 0 Å². The minimum absolute atomic E-state index is 0.0238. The van der Waals surface area contributed by atoms with Crippen LogP contribution in [0, 0.1) is 0 Å². The number of urea groups is 2. The van der Waals surface area contributed by atoms with Crippen molar-refractivity contribution in [1.29, 1.82) is 0 Å². The molecule has 1 heterocycles. The summed E-state index contributed by atoms with van der Waals surface area (Å²) in [6, 6.07) is 5.15. The molecule has 0 bridgehead atoms. The normalized spacial score (nSPS) is 16.7. The standard InChI is InChI=1S/C20H24N4O6/c25-16(23-19(28)22-15-4-2-1-3-5-15)12-30-18(27)14-8-6-13(7-9-14)11-24-17(26)10-21-20(24)29/h6-9,15H,1-5,10-12H2,(H,21,29)(H2,22,23,25,28). The molecule has 1 aromatic rings. The largest absolute Gasteiger partial charge is 0.452 e. The number of rotatable bonds is 6. The Bertz CT molecular complexity index is 816. The van der Waals surface area contributed by atoms with Crippen LogP contribution in [0.5, 0.6) is 0 Å². The van der Waals surface area contributed by atoms with Gasteiger partial charge in [-0.2, -0.15) is 0 Å². The molecule has 10 nitrogen and oxygen atoms in total. The molecule has 3 N–H and O–H groups in total. The Kier molecular flexibility index (Phi) is 6.99. The highest BCUT2D eigenvalue weighted by Crippen LogP contribution is 2.17. The van der Waals surface area contributed by atoms with Crippen LogP contribution in [0.3, 0.4) is 0 Å². The molecule has 3 rings (SSSR count). The molecule has 10 heteroatoms. The smallest absolute Gasteiger partial charge is 0.338 e. The van der Waals surface area contributed by atoms with E-state index in [1.807, 2.05) is 0 Å². The van der Waals surface area contributed by atoms with Gasteiger partial charge in [0.25, 0.3) is 5.91 Å². The molecular weight excluding hydrogens is 392 g/mol. The quantitative estimate of drug-likeness (QED) is 0.469. The first kappa shape index (κ1) is 21.3. The van der Waals surface area contributed by atoms with Gasteiger partial charge in [0.1, 0.15) is 0 Å². The van der Waals surface area contributed by atoms with E-state index in [9.17, 15) is 24.0 Å². The number of hydrogen-bond donors (Lipinski definition) is 3. The first-order valence-electron chi connectivity index (χ1n) is 9.87. The summed E-state index contributed by atoms with van der Waals surface area (Å²) in [4.78, 5) is 60.0. The molecule has 30 heavy (non-hydrogen) atoms. The van der Waals surface area contributed by atoms with Crippen molar-refractivity contribution in [2.24, 2.45) is 0 Å². The number of nitrogens with zero attached hydrogens (tertiary/aromatic N) is 1. The van der Waals surface area contributed by atoms with E-state index in [1.165, 1.54) is 12.1 Å². The maximum atomic E-state index is 12.1. The Morgan fingerprint density at radius 1 is 1.07 bits per heavy atom. The molecular formula is C20H24N4O6.